The van der Waals surface area contributed by atoms with Crippen molar-refractivity contribution < 1.29 is 14.3 Å². The van der Waals surface area contributed by atoms with E-state index in [1.807, 2.05) is 24.6 Å². The van der Waals surface area contributed by atoms with E-state index in [1.165, 1.54) is 0 Å². The number of carbonyl (C=O) groups excluding carboxylic acids is 2. The minimum absolute atomic E-state index is 0.0498. The summed E-state index contributed by atoms with van der Waals surface area (Å²) in [5, 5.41) is 9.08. The highest BCUT2D eigenvalue weighted by Crippen LogP contribution is 2.38. The van der Waals surface area contributed by atoms with Gasteiger partial charge in [-0.1, -0.05) is 0 Å². The molecule has 1 aromatic rings. The third-order valence-corrected chi connectivity index (χ3v) is 4.18. The fourth-order valence-corrected chi connectivity index (χ4v) is 3.22. The van der Waals surface area contributed by atoms with Gasteiger partial charge in [-0.25, -0.2) is 4.79 Å². The van der Waals surface area contributed by atoms with E-state index in [1.54, 1.807) is 0 Å². The number of carbonyl (C=O) groups is 2. The summed E-state index contributed by atoms with van der Waals surface area (Å²) >= 11 is 5.41. The normalized spacial score (nSPS) is 20.6. The summed E-state index contributed by atoms with van der Waals surface area (Å²) in [5.41, 5.74) is 0.779. The zero-order chi connectivity index (χ0) is 18.8. The first-order valence-corrected chi connectivity index (χ1v) is 8.98. The number of halogens is 1. The molecule has 0 spiro atoms. The molecule has 0 saturated heterocycles. The Morgan fingerprint density at radius 1 is 1.36 bits per heavy atom. The molecule has 7 nitrogen and oxygen atoms in total. The van der Waals surface area contributed by atoms with E-state index in [2.05, 4.69) is 36.5 Å². The lowest BCUT2D eigenvalue weighted by Crippen LogP contribution is -2.33. The van der Waals surface area contributed by atoms with E-state index in [0.29, 0.717) is 5.82 Å². The SMILES string of the molecule is CC(C)NC(=O)O[C@@H]1CC[C@H](c2cc(NC(=O)Cl)nn2C(C)(C)C)C1. The van der Waals surface area contributed by atoms with Crippen LogP contribution in [-0.4, -0.2) is 33.4 Å². The summed E-state index contributed by atoms with van der Waals surface area (Å²) in [6.45, 7) is 9.94. The molecule has 1 fully saturated rings. The van der Waals surface area contributed by atoms with Crippen LogP contribution in [0.15, 0.2) is 6.07 Å². The van der Waals surface area contributed by atoms with Crippen LogP contribution in [-0.2, 0) is 10.3 Å². The first-order valence-electron chi connectivity index (χ1n) is 8.60. The number of ether oxygens (including phenoxy) is 1. The molecule has 1 aromatic heterocycles. The summed E-state index contributed by atoms with van der Waals surface area (Å²) in [7, 11) is 0. The van der Waals surface area contributed by atoms with Crippen molar-refractivity contribution in [3.63, 3.8) is 0 Å². The summed E-state index contributed by atoms with van der Waals surface area (Å²) in [6, 6.07) is 1.90. The quantitative estimate of drug-likeness (QED) is 0.615. The van der Waals surface area contributed by atoms with E-state index in [-0.39, 0.29) is 29.7 Å². The van der Waals surface area contributed by atoms with E-state index >= 15 is 0 Å². The van der Waals surface area contributed by atoms with Gasteiger partial charge in [-0.2, -0.15) is 5.10 Å². The van der Waals surface area contributed by atoms with Gasteiger partial charge in [0.1, 0.15) is 6.10 Å². The van der Waals surface area contributed by atoms with Crippen molar-refractivity contribution in [2.45, 2.75) is 77.5 Å². The van der Waals surface area contributed by atoms with E-state index in [0.717, 1.165) is 25.0 Å². The molecular weight excluding hydrogens is 344 g/mol. The number of nitrogens with zero attached hydrogens (tertiary/aromatic N) is 2. The first kappa shape index (κ1) is 19.6. The number of aromatic nitrogens is 2. The molecule has 0 aromatic carbocycles. The van der Waals surface area contributed by atoms with Crippen LogP contribution in [0.3, 0.4) is 0 Å². The molecule has 0 bridgehead atoms. The van der Waals surface area contributed by atoms with E-state index in [9.17, 15) is 9.59 Å². The fraction of sp³-hybridized carbons (Fsp3) is 0.706. The standard InChI is InChI=1S/C17H27ClN4O3/c1-10(2)19-16(24)25-12-7-6-11(8-12)13-9-14(20-15(18)23)21-22(13)17(3,4)5/h9-12H,6-8H2,1-5H3,(H,19,24)(H,20,21,23)/t11-,12+/m0/s1. The van der Waals surface area contributed by atoms with Crippen molar-refractivity contribution in [2.24, 2.45) is 0 Å². The van der Waals surface area contributed by atoms with Gasteiger partial charge in [-0.15, -0.1) is 0 Å². The lowest BCUT2D eigenvalue weighted by molar-refractivity contribution is 0.0979. The minimum atomic E-state index is -0.664. The monoisotopic (exact) mass is 370 g/mol. The maximum absolute atomic E-state index is 11.8. The summed E-state index contributed by atoms with van der Waals surface area (Å²) in [4.78, 5) is 22.9. The minimum Gasteiger partial charge on any atom is -0.446 e. The number of amides is 2. The molecule has 8 heteroatoms. The van der Waals surface area contributed by atoms with E-state index in [4.69, 9.17) is 16.3 Å². The molecule has 1 saturated carbocycles. The van der Waals surface area contributed by atoms with Gasteiger partial charge in [0.15, 0.2) is 5.82 Å². The summed E-state index contributed by atoms with van der Waals surface area (Å²) < 4.78 is 7.41. The molecule has 0 unspecified atom stereocenters. The van der Waals surface area contributed by atoms with E-state index < -0.39 is 5.37 Å². The number of hydrogen-bond acceptors (Lipinski definition) is 4. The van der Waals surface area contributed by atoms with Crippen LogP contribution in [0.2, 0.25) is 0 Å². The average molecular weight is 371 g/mol. The maximum Gasteiger partial charge on any atom is 0.407 e. The Morgan fingerprint density at radius 3 is 2.60 bits per heavy atom. The Bertz CT molecular complexity index is 636. The molecule has 25 heavy (non-hydrogen) atoms. The van der Waals surface area contributed by atoms with Gasteiger partial charge >= 0.3 is 11.5 Å². The van der Waals surface area contributed by atoms with Gasteiger partial charge < -0.3 is 10.1 Å². The molecule has 140 valence electrons. The van der Waals surface area contributed by atoms with Gasteiger partial charge in [0.05, 0.1) is 5.54 Å². The van der Waals surface area contributed by atoms with Crippen LogP contribution < -0.4 is 10.6 Å². The lowest BCUT2D eigenvalue weighted by atomic mass is 10.0. The van der Waals surface area contributed by atoms with Crippen molar-refractivity contribution in [2.75, 3.05) is 5.32 Å². The maximum atomic E-state index is 11.8. The topological polar surface area (TPSA) is 85.2 Å². The van der Waals surface area contributed by atoms with Gasteiger partial charge in [-0.3, -0.25) is 14.8 Å². The molecule has 2 amide bonds. The van der Waals surface area contributed by atoms with Gasteiger partial charge in [-0.05, 0) is 65.5 Å². The molecule has 2 rings (SSSR count). The van der Waals surface area contributed by atoms with Crippen LogP contribution >= 0.6 is 11.6 Å². The van der Waals surface area contributed by atoms with Crippen molar-refractivity contribution in [1.82, 2.24) is 15.1 Å². The Hall–Kier alpha value is -1.76. The molecule has 2 atom stereocenters. The number of rotatable bonds is 4. The second-order valence-corrected chi connectivity index (χ2v) is 8.12. The smallest absolute Gasteiger partial charge is 0.407 e. The van der Waals surface area contributed by atoms with Crippen molar-refractivity contribution in [3.05, 3.63) is 11.8 Å². The molecule has 0 radical (unpaired) electrons. The number of alkyl carbamates (subject to hydrolysis) is 1. The largest absolute Gasteiger partial charge is 0.446 e. The first-order chi connectivity index (χ1) is 11.6. The zero-order valence-electron chi connectivity index (χ0n) is 15.4. The highest BCUT2D eigenvalue weighted by atomic mass is 35.5. The Morgan fingerprint density at radius 2 is 2.04 bits per heavy atom. The van der Waals surface area contributed by atoms with Crippen molar-refractivity contribution in [3.8, 4) is 0 Å². The Labute approximate surface area is 153 Å². The third-order valence-electron chi connectivity index (χ3n) is 4.08. The molecule has 0 aliphatic heterocycles. The van der Waals surface area contributed by atoms with Gasteiger partial charge in [0.25, 0.3) is 0 Å². The third kappa shape index (κ3) is 5.36. The molecular formula is C17H27ClN4O3. The molecule has 1 heterocycles. The molecule has 1 aliphatic rings. The fourth-order valence-electron chi connectivity index (χ4n) is 3.12. The second kappa shape index (κ2) is 7.64. The molecule has 2 N–H and O–H groups in total. The van der Waals surface area contributed by atoms with Crippen LogP contribution in [0.5, 0.6) is 0 Å². The van der Waals surface area contributed by atoms with Crippen molar-refractivity contribution in [1.29, 1.82) is 0 Å². The second-order valence-electron chi connectivity index (χ2n) is 7.77. The Kier molecular flexibility index (Phi) is 5.98. The Balaban J connectivity index is 2.12. The van der Waals surface area contributed by atoms with Crippen LogP contribution in [0.1, 0.15) is 65.5 Å². The highest BCUT2D eigenvalue weighted by molar-refractivity contribution is 6.65. The van der Waals surface area contributed by atoms with Gasteiger partial charge in [0, 0.05) is 23.7 Å². The molecule has 1 aliphatic carbocycles. The predicted molar refractivity (Wildman–Crippen MR) is 97.2 cm³/mol. The zero-order valence-corrected chi connectivity index (χ0v) is 16.2. The van der Waals surface area contributed by atoms with Gasteiger partial charge in [0.2, 0.25) is 0 Å². The van der Waals surface area contributed by atoms with Crippen LogP contribution in [0, 0.1) is 0 Å². The average Bonchev–Trinajstić information content (AvgIpc) is 3.02. The lowest BCUT2D eigenvalue weighted by Gasteiger charge is -2.24. The number of hydrogen-bond donors (Lipinski definition) is 2. The van der Waals surface area contributed by atoms with Crippen LogP contribution in [0.4, 0.5) is 15.4 Å². The van der Waals surface area contributed by atoms with Crippen LogP contribution in [0.25, 0.3) is 0 Å². The summed E-state index contributed by atoms with van der Waals surface area (Å²) in [5.74, 6) is 0.649. The number of nitrogens with one attached hydrogen (secondary N) is 2. The van der Waals surface area contributed by atoms with Crippen molar-refractivity contribution >= 4 is 28.9 Å². The summed E-state index contributed by atoms with van der Waals surface area (Å²) in [6.07, 6.45) is 1.96. The predicted octanol–water partition coefficient (Wildman–Crippen LogP) is 4.18. The highest BCUT2D eigenvalue weighted by Gasteiger charge is 2.33. The number of anilines is 1.